The van der Waals surface area contributed by atoms with E-state index >= 15 is 0 Å². The second-order valence-electron chi connectivity index (χ2n) is 2.48. The molecule has 0 aliphatic heterocycles. The second kappa shape index (κ2) is 3.72. The maximum atomic E-state index is 8.54. The zero-order valence-corrected chi connectivity index (χ0v) is 8.31. The van der Waals surface area contributed by atoms with Gasteiger partial charge in [-0.05, 0) is 11.6 Å². The van der Waals surface area contributed by atoms with Crippen molar-refractivity contribution in [3.05, 3.63) is 41.1 Å². The van der Waals surface area contributed by atoms with Crippen LogP contribution in [-0.2, 0) is 0 Å². The maximum absolute atomic E-state index is 8.54. The Morgan fingerprint density at radius 1 is 1.08 bits per heavy atom. The third kappa shape index (κ3) is 1.79. The summed E-state index contributed by atoms with van der Waals surface area (Å²) >= 11 is 0. The molecule has 0 radical (unpaired) electrons. The van der Waals surface area contributed by atoms with Crippen LogP contribution in [0.1, 0.15) is 0 Å². The molecule has 0 unspecified atom stereocenters. The summed E-state index contributed by atoms with van der Waals surface area (Å²) in [7, 11) is 3.08. The molecular weight excluding hydrogens is 202 g/mol. The fraction of sp³-hybridized carbons (Fsp3) is 0. The van der Waals surface area contributed by atoms with Gasteiger partial charge in [-0.15, -0.1) is 0 Å². The van der Waals surface area contributed by atoms with Crippen LogP contribution in [0.5, 0.6) is 0 Å². The van der Waals surface area contributed by atoms with Gasteiger partial charge in [0.25, 0.3) is 0 Å². The van der Waals surface area contributed by atoms with Crippen LogP contribution in [-0.4, -0.2) is 5.21 Å². The van der Waals surface area contributed by atoms with Crippen LogP contribution < -0.4 is 4.67 Å². The van der Waals surface area contributed by atoms with Crippen molar-refractivity contribution in [1.82, 2.24) is 0 Å². The van der Waals surface area contributed by atoms with E-state index in [9.17, 15) is 0 Å². The largest absolute Gasteiger partial charge is 0.410 e. The highest BCUT2D eigenvalue weighted by Gasteiger charge is 1.98. The highest BCUT2D eigenvalue weighted by atomic mass is 32.9. The molecule has 2 aromatic rings. The molecule has 0 bridgehead atoms. The quantitative estimate of drug-likeness (QED) is 0.437. The van der Waals surface area contributed by atoms with E-state index in [0.29, 0.717) is 4.67 Å². The summed E-state index contributed by atoms with van der Waals surface area (Å²) in [6.45, 7) is 0. The lowest BCUT2D eigenvalue weighted by Gasteiger charge is -1.92. The lowest BCUT2D eigenvalue weighted by Crippen LogP contribution is -1.87. The van der Waals surface area contributed by atoms with E-state index in [0.717, 1.165) is 4.88 Å². The van der Waals surface area contributed by atoms with Crippen LogP contribution in [0, 0.1) is 0 Å². The Balaban J connectivity index is 2.48. The minimum absolute atomic E-state index is 0.656. The van der Waals surface area contributed by atoms with Crippen molar-refractivity contribution in [3.8, 4) is 10.4 Å². The second-order valence-corrected chi connectivity index (χ2v) is 4.67. The van der Waals surface area contributed by atoms with Gasteiger partial charge < -0.3 is 5.21 Å². The van der Waals surface area contributed by atoms with Crippen molar-refractivity contribution in [2.45, 2.75) is 0 Å². The topological polar surface area (TPSA) is 32.6 Å². The maximum Gasteiger partial charge on any atom is 0.166 e. The lowest BCUT2D eigenvalue weighted by molar-refractivity contribution is 0.304. The monoisotopic (exact) mass is 209 g/mol. The first kappa shape index (κ1) is 8.47. The van der Waals surface area contributed by atoms with Gasteiger partial charge in [0.05, 0.1) is 0 Å². The fourth-order valence-corrected chi connectivity index (χ4v) is 3.07. The molecule has 1 aromatic carbocycles. The van der Waals surface area contributed by atoms with Crippen LogP contribution in [0.4, 0.5) is 0 Å². The number of hydrogen-bond donors (Lipinski definition) is 1. The number of rotatable bonds is 1. The summed E-state index contributed by atoms with van der Waals surface area (Å²) in [5.74, 6) is 0. The third-order valence-electron chi connectivity index (χ3n) is 1.63. The van der Waals surface area contributed by atoms with E-state index in [1.807, 2.05) is 36.4 Å². The summed E-state index contributed by atoms with van der Waals surface area (Å²) in [6.07, 6.45) is 0. The molecule has 0 spiro atoms. The Hall–Kier alpha value is -1.13. The molecule has 1 heterocycles. The summed E-state index contributed by atoms with van der Waals surface area (Å²) in [5.41, 5.74) is 1.17. The molecule has 13 heavy (non-hydrogen) atoms. The summed E-state index contributed by atoms with van der Waals surface area (Å²) in [4.78, 5) is 1.14. The first-order valence-corrected chi connectivity index (χ1v) is 5.89. The van der Waals surface area contributed by atoms with Crippen molar-refractivity contribution in [2.24, 2.45) is 5.16 Å². The van der Waals surface area contributed by atoms with E-state index in [1.165, 1.54) is 15.9 Å². The van der Waals surface area contributed by atoms with Gasteiger partial charge in [0.1, 0.15) is 0 Å². The molecule has 0 aliphatic rings. The predicted molar refractivity (Wildman–Crippen MR) is 55.0 cm³/mol. The smallest absolute Gasteiger partial charge is 0.166 e. The summed E-state index contributed by atoms with van der Waals surface area (Å²) in [6, 6.07) is 11.9. The molecule has 2 nitrogen and oxygen atoms in total. The van der Waals surface area contributed by atoms with Crippen molar-refractivity contribution >= 4 is 20.7 Å². The first-order valence-electron chi connectivity index (χ1n) is 3.74. The first-order chi connectivity index (χ1) is 6.40. The van der Waals surface area contributed by atoms with E-state index in [2.05, 4.69) is 5.16 Å². The van der Waals surface area contributed by atoms with Gasteiger partial charge in [0, 0.05) is 4.88 Å². The Morgan fingerprint density at radius 3 is 2.46 bits per heavy atom. The van der Waals surface area contributed by atoms with E-state index in [4.69, 9.17) is 5.21 Å². The predicted octanol–water partition coefficient (Wildman–Crippen LogP) is 2.77. The molecule has 0 aliphatic carbocycles. The molecular formula is C9H7NOS2. The molecule has 1 aromatic heterocycles. The summed E-state index contributed by atoms with van der Waals surface area (Å²) in [5, 5.41) is 11.7. The van der Waals surface area contributed by atoms with E-state index in [1.54, 1.807) is 10.3 Å². The van der Waals surface area contributed by atoms with Crippen LogP contribution in [0.2, 0.25) is 0 Å². The Labute approximate surface area is 82.8 Å². The fourth-order valence-electron chi connectivity index (χ4n) is 1.03. The minimum Gasteiger partial charge on any atom is -0.410 e. The number of nitrogens with zero attached hydrogens (tertiary/aromatic N) is 1. The van der Waals surface area contributed by atoms with Crippen molar-refractivity contribution in [2.75, 3.05) is 0 Å². The van der Waals surface area contributed by atoms with Gasteiger partial charge in [0.15, 0.2) is 4.67 Å². The average Bonchev–Trinajstić information content (AvgIpc) is 2.67. The lowest BCUT2D eigenvalue weighted by atomic mass is 10.2. The average molecular weight is 209 g/mol. The van der Waals surface area contributed by atoms with Crippen LogP contribution >= 0.6 is 20.7 Å². The van der Waals surface area contributed by atoms with Gasteiger partial charge in [0.2, 0.25) is 0 Å². The van der Waals surface area contributed by atoms with E-state index in [-0.39, 0.29) is 0 Å². The molecule has 0 saturated heterocycles. The van der Waals surface area contributed by atoms with Crippen LogP contribution in [0.3, 0.4) is 0 Å². The Bertz CT molecular complexity index is 444. The van der Waals surface area contributed by atoms with Gasteiger partial charge >= 0.3 is 0 Å². The van der Waals surface area contributed by atoms with Gasteiger partial charge in [-0.25, -0.2) is 0 Å². The van der Waals surface area contributed by atoms with Gasteiger partial charge in [-0.3, -0.25) is 0 Å². The zero-order chi connectivity index (χ0) is 9.10. The SMILES string of the molecule is O/N=c1\cc(-c2ccccc2)ss1. The third-order valence-corrected chi connectivity index (χ3v) is 3.92. The van der Waals surface area contributed by atoms with Crippen molar-refractivity contribution in [3.63, 3.8) is 0 Å². The highest BCUT2D eigenvalue weighted by molar-refractivity contribution is 7.69. The molecule has 66 valence electrons. The van der Waals surface area contributed by atoms with Crippen LogP contribution in [0.25, 0.3) is 10.4 Å². The van der Waals surface area contributed by atoms with Gasteiger partial charge in [-0.1, -0.05) is 56.2 Å². The standard InChI is InChI=1S/C9H7NOS2/c11-10-9-6-8(12-13-9)7-4-2-1-3-5-7/h1-6,11H/b10-9+. The Morgan fingerprint density at radius 2 is 1.85 bits per heavy atom. The van der Waals surface area contributed by atoms with E-state index < -0.39 is 0 Å². The van der Waals surface area contributed by atoms with Gasteiger partial charge in [-0.2, -0.15) is 0 Å². The molecule has 4 heteroatoms. The zero-order valence-electron chi connectivity index (χ0n) is 6.68. The molecule has 0 saturated carbocycles. The minimum atomic E-state index is 0.656. The number of hydrogen-bond acceptors (Lipinski definition) is 4. The summed E-state index contributed by atoms with van der Waals surface area (Å²) < 4.78 is 0.656. The van der Waals surface area contributed by atoms with Crippen molar-refractivity contribution in [1.29, 1.82) is 0 Å². The van der Waals surface area contributed by atoms with Crippen LogP contribution in [0.15, 0.2) is 41.6 Å². The molecule has 0 amide bonds. The molecule has 1 N–H and O–H groups in total. The molecule has 0 atom stereocenters. The molecule has 0 fully saturated rings. The Kier molecular flexibility index (Phi) is 2.42. The normalized spacial score (nSPS) is 11.8. The molecule has 2 rings (SSSR count). The number of benzene rings is 1. The highest BCUT2D eigenvalue weighted by Crippen LogP contribution is 2.24. The van der Waals surface area contributed by atoms with Crippen molar-refractivity contribution < 1.29 is 5.21 Å².